The van der Waals surface area contributed by atoms with Gasteiger partial charge in [0.25, 0.3) is 0 Å². The summed E-state index contributed by atoms with van der Waals surface area (Å²) in [5.41, 5.74) is 11.1. The van der Waals surface area contributed by atoms with E-state index in [1.807, 2.05) is 54.6 Å². The van der Waals surface area contributed by atoms with Crippen molar-refractivity contribution in [3.63, 3.8) is 0 Å². The number of hydrogen-bond acceptors (Lipinski definition) is 5. The maximum absolute atomic E-state index is 6.10. The summed E-state index contributed by atoms with van der Waals surface area (Å²) in [6.07, 6.45) is 2.01. The van der Waals surface area contributed by atoms with Crippen molar-refractivity contribution >= 4 is 23.5 Å². The van der Waals surface area contributed by atoms with Gasteiger partial charge < -0.3 is 19.6 Å². The Morgan fingerprint density at radius 3 is 2.31 bits per heavy atom. The van der Waals surface area contributed by atoms with Crippen molar-refractivity contribution in [2.24, 2.45) is 5.73 Å². The molecule has 0 aliphatic heterocycles. The summed E-state index contributed by atoms with van der Waals surface area (Å²) in [6, 6.07) is 26.1. The van der Waals surface area contributed by atoms with Gasteiger partial charge in [-0.25, -0.2) is 4.98 Å². The normalized spacial score (nSPS) is 11.9. The van der Waals surface area contributed by atoms with E-state index in [2.05, 4.69) is 29.2 Å². The van der Waals surface area contributed by atoms with E-state index in [0.717, 1.165) is 35.1 Å². The second-order valence-electron chi connectivity index (χ2n) is 7.62. The first-order chi connectivity index (χ1) is 15.3. The Hall–Kier alpha value is -2.70. The molecular formula is C26H29ClN2O3. The molecule has 1 aromatic heterocycles. The van der Waals surface area contributed by atoms with Crippen molar-refractivity contribution < 1.29 is 13.9 Å². The van der Waals surface area contributed by atoms with E-state index in [0.29, 0.717) is 32.3 Å². The van der Waals surface area contributed by atoms with E-state index < -0.39 is 0 Å². The lowest BCUT2D eigenvalue weighted by molar-refractivity contribution is 0.0600. The molecule has 4 aromatic rings. The molecule has 0 bridgehead atoms. The Balaban J connectivity index is 0.00000289. The molecule has 1 atom stereocenters. The zero-order valence-electron chi connectivity index (χ0n) is 18.0. The third-order valence-electron chi connectivity index (χ3n) is 5.02. The summed E-state index contributed by atoms with van der Waals surface area (Å²) < 4.78 is 17.3. The van der Waals surface area contributed by atoms with Crippen molar-refractivity contribution in [3.05, 3.63) is 90.0 Å². The molecule has 1 unspecified atom stereocenters. The molecule has 6 heteroatoms. The maximum atomic E-state index is 6.10. The first-order valence-electron chi connectivity index (χ1n) is 10.7. The van der Waals surface area contributed by atoms with Gasteiger partial charge in [-0.2, -0.15) is 0 Å². The number of rotatable bonds is 11. The van der Waals surface area contributed by atoms with Gasteiger partial charge in [0.05, 0.1) is 25.9 Å². The monoisotopic (exact) mass is 452 g/mol. The van der Waals surface area contributed by atoms with Gasteiger partial charge in [-0.05, 0) is 48.2 Å². The molecule has 0 spiro atoms. The van der Waals surface area contributed by atoms with Crippen LogP contribution in [0.15, 0.2) is 83.3 Å². The van der Waals surface area contributed by atoms with Crippen LogP contribution in [0.4, 0.5) is 0 Å². The fraction of sp³-hybridized carbons (Fsp3) is 0.269. The average Bonchev–Trinajstić information content (AvgIpc) is 3.24. The summed E-state index contributed by atoms with van der Waals surface area (Å²) in [4.78, 5) is 4.53. The zero-order chi connectivity index (χ0) is 21.3. The minimum Gasteiger partial charge on any atom is -0.436 e. The van der Waals surface area contributed by atoms with Gasteiger partial charge in [0.1, 0.15) is 5.52 Å². The Bertz CT molecular complexity index is 1030. The smallest absolute Gasteiger partial charge is 0.227 e. The molecule has 5 nitrogen and oxygen atoms in total. The maximum Gasteiger partial charge on any atom is 0.227 e. The number of hydrogen-bond donors (Lipinski definition) is 1. The summed E-state index contributed by atoms with van der Waals surface area (Å²) in [5, 5.41) is 0. The molecule has 0 aliphatic carbocycles. The molecule has 1 heterocycles. The number of oxazole rings is 1. The van der Waals surface area contributed by atoms with Gasteiger partial charge in [-0.1, -0.05) is 54.6 Å². The molecular weight excluding hydrogens is 424 g/mol. The second-order valence-corrected chi connectivity index (χ2v) is 7.62. The summed E-state index contributed by atoms with van der Waals surface area (Å²) in [7, 11) is 0. The summed E-state index contributed by atoms with van der Waals surface area (Å²) in [5.74, 6) is 0.625. The largest absolute Gasteiger partial charge is 0.436 e. The lowest BCUT2D eigenvalue weighted by Crippen LogP contribution is -2.31. The molecule has 0 amide bonds. The van der Waals surface area contributed by atoms with Crippen LogP contribution >= 0.6 is 12.4 Å². The third kappa shape index (κ3) is 6.90. The zero-order valence-corrected chi connectivity index (χ0v) is 18.8. The molecule has 0 fully saturated rings. The van der Waals surface area contributed by atoms with Gasteiger partial charge in [0.15, 0.2) is 5.58 Å². The van der Waals surface area contributed by atoms with E-state index >= 15 is 0 Å². The van der Waals surface area contributed by atoms with Crippen LogP contribution in [0.1, 0.15) is 17.5 Å². The molecule has 0 saturated heterocycles. The van der Waals surface area contributed by atoms with Crippen LogP contribution in [0.2, 0.25) is 0 Å². The minimum absolute atomic E-state index is 0. The lowest BCUT2D eigenvalue weighted by Gasteiger charge is -2.13. The Morgan fingerprint density at radius 2 is 1.53 bits per heavy atom. The number of aromatic nitrogens is 1. The highest BCUT2D eigenvalue weighted by molar-refractivity contribution is 5.85. The Morgan fingerprint density at radius 1 is 0.812 bits per heavy atom. The third-order valence-corrected chi connectivity index (χ3v) is 5.02. The van der Waals surface area contributed by atoms with E-state index in [1.165, 1.54) is 5.56 Å². The Kier molecular flexibility index (Phi) is 9.26. The quantitative estimate of drug-likeness (QED) is 0.308. The van der Waals surface area contributed by atoms with Crippen LogP contribution in [0.5, 0.6) is 0 Å². The highest BCUT2D eigenvalue weighted by Crippen LogP contribution is 2.24. The van der Waals surface area contributed by atoms with Gasteiger partial charge in [0, 0.05) is 12.2 Å². The van der Waals surface area contributed by atoms with Crippen LogP contribution in [0.3, 0.4) is 0 Å². The number of halogens is 1. The molecule has 0 radical (unpaired) electrons. The molecule has 0 saturated carbocycles. The van der Waals surface area contributed by atoms with Crippen LogP contribution in [-0.4, -0.2) is 30.8 Å². The van der Waals surface area contributed by atoms with Gasteiger partial charge >= 0.3 is 0 Å². The number of benzene rings is 3. The van der Waals surface area contributed by atoms with E-state index in [1.54, 1.807) is 0 Å². The fourth-order valence-corrected chi connectivity index (χ4v) is 3.37. The molecule has 3 aromatic carbocycles. The first kappa shape index (κ1) is 24.0. The van der Waals surface area contributed by atoms with E-state index in [4.69, 9.17) is 19.6 Å². The number of nitrogens with zero attached hydrogens (tertiary/aromatic N) is 1. The molecule has 32 heavy (non-hydrogen) atoms. The van der Waals surface area contributed by atoms with Crippen molar-refractivity contribution in [1.29, 1.82) is 0 Å². The van der Waals surface area contributed by atoms with Crippen molar-refractivity contribution in [1.82, 2.24) is 4.98 Å². The van der Waals surface area contributed by atoms with Crippen LogP contribution in [-0.2, 0) is 22.5 Å². The molecule has 168 valence electrons. The second kappa shape index (κ2) is 12.4. The predicted octanol–water partition coefficient (Wildman–Crippen LogP) is 5.41. The number of nitrogens with two attached hydrogens (primary N) is 1. The number of para-hydroxylation sites is 2. The SMILES string of the molecule is Cl.NC(COCCCc1ccccc1)COCc1ccc(-c2nc3ccccc3o2)cc1. The van der Waals surface area contributed by atoms with Gasteiger partial charge in [-0.15, -0.1) is 12.4 Å². The molecule has 0 aliphatic rings. The summed E-state index contributed by atoms with van der Waals surface area (Å²) >= 11 is 0. The fourth-order valence-electron chi connectivity index (χ4n) is 3.37. The highest BCUT2D eigenvalue weighted by Gasteiger charge is 2.08. The number of aryl methyl sites for hydroxylation is 1. The summed E-state index contributed by atoms with van der Waals surface area (Å²) in [6.45, 7) is 2.19. The van der Waals surface area contributed by atoms with Crippen LogP contribution in [0.25, 0.3) is 22.6 Å². The van der Waals surface area contributed by atoms with E-state index in [-0.39, 0.29) is 18.4 Å². The molecule has 2 N–H and O–H groups in total. The van der Waals surface area contributed by atoms with Gasteiger partial charge in [0.2, 0.25) is 5.89 Å². The topological polar surface area (TPSA) is 70.5 Å². The van der Waals surface area contributed by atoms with Gasteiger partial charge in [-0.3, -0.25) is 0 Å². The van der Waals surface area contributed by atoms with Crippen LogP contribution < -0.4 is 5.73 Å². The van der Waals surface area contributed by atoms with Crippen LogP contribution in [0, 0.1) is 0 Å². The minimum atomic E-state index is -0.129. The number of ether oxygens (including phenoxy) is 2. The predicted molar refractivity (Wildman–Crippen MR) is 130 cm³/mol. The molecule has 4 rings (SSSR count). The number of fused-ring (bicyclic) bond motifs is 1. The van der Waals surface area contributed by atoms with Crippen molar-refractivity contribution in [3.8, 4) is 11.5 Å². The standard InChI is InChI=1S/C26H28N2O3.ClH/c27-23(18-29-16-6-9-20-7-2-1-3-8-20)19-30-17-21-12-14-22(15-13-21)26-28-24-10-4-5-11-25(24)31-26;/h1-5,7-8,10-15,23H,6,9,16-19,27H2;1H. The highest BCUT2D eigenvalue weighted by atomic mass is 35.5. The van der Waals surface area contributed by atoms with Crippen molar-refractivity contribution in [2.75, 3.05) is 19.8 Å². The van der Waals surface area contributed by atoms with E-state index in [9.17, 15) is 0 Å². The van der Waals surface area contributed by atoms with Crippen molar-refractivity contribution in [2.45, 2.75) is 25.5 Å². The first-order valence-corrected chi connectivity index (χ1v) is 10.7. The lowest BCUT2D eigenvalue weighted by atomic mass is 10.1. The Labute approximate surface area is 195 Å². The average molecular weight is 453 g/mol.